The zero-order valence-electron chi connectivity index (χ0n) is 16.3. The molecule has 1 aliphatic heterocycles. The van der Waals surface area contributed by atoms with E-state index in [0.29, 0.717) is 10.5 Å². The van der Waals surface area contributed by atoms with E-state index in [1.807, 2.05) is 0 Å². The summed E-state index contributed by atoms with van der Waals surface area (Å²) in [4.78, 5) is 54.9. The van der Waals surface area contributed by atoms with Crippen molar-refractivity contribution in [2.24, 2.45) is 4.99 Å². The molecule has 0 atom stereocenters. The van der Waals surface area contributed by atoms with Gasteiger partial charge in [0.2, 0.25) is 0 Å². The molecule has 1 aromatic heterocycles. The molecule has 0 N–H and O–H groups in total. The number of rotatable bonds is 5. The van der Waals surface area contributed by atoms with E-state index in [4.69, 9.17) is 16.3 Å². The first-order chi connectivity index (χ1) is 14.9. The number of fused-ring (bicyclic) bond motifs is 2. The van der Waals surface area contributed by atoms with E-state index < -0.39 is 30.2 Å². The lowest BCUT2D eigenvalue weighted by Gasteiger charge is -2.10. The summed E-state index contributed by atoms with van der Waals surface area (Å²) in [7, 11) is 0. The van der Waals surface area contributed by atoms with E-state index in [1.54, 1.807) is 54.0 Å². The summed E-state index contributed by atoms with van der Waals surface area (Å²) in [5.74, 6) is -2.24. The van der Waals surface area contributed by atoms with Gasteiger partial charge in [-0.2, -0.15) is 4.99 Å². The molecule has 10 heteroatoms. The molecule has 0 fully saturated rings. The predicted molar refractivity (Wildman–Crippen MR) is 114 cm³/mol. The number of nitrogens with zero attached hydrogens (tertiary/aromatic N) is 3. The van der Waals surface area contributed by atoms with Gasteiger partial charge in [-0.05, 0) is 37.3 Å². The maximum atomic E-state index is 12.7. The summed E-state index contributed by atoms with van der Waals surface area (Å²) >= 11 is 7.23. The molecule has 0 aliphatic carbocycles. The molecule has 2 heterocycles. The third-order valence-corrected chi connectivity index (χ3v) is 5.91. The number of carbonyl (C=O) groups is 4. The summed E-state index contributed by atoms with van der Waals surface area (Å²) in [5.41, 5.74) is 1.18. The van der Waals surface area contributed by atoms with Crippen LogP contribution in [-0.2, 0) is 20.9 Å². The van der Waals surface area contributed by atoms with Crippen LogP contribution in [-0.4, -0.2) is 46.3 Å². The van der Waals surface area contributed by atoms with Crippen LogP contribution < -0.4 is 4.80 Å². The molecule has 158 valence electrons. The van der Waals surface area contributed by atoms with E-state index in [-0.39, 0.29) is 29.1 Å². The Hall–Kier alpha value is -3.30. The molecule has 4 rings (SSSR count). The Balaban J connectivity index is 1.67. The van der Waals surface area contributed by atoms with Gasteiger partial charge < -0.3 is 9.30 Å². The predicted octanol–water partition coefficient (Wildman–Crippen LogP) is 2.64. The molecular weight excluding hydrogens is 442 g/mol. The Kier molecular flexibility index (Phi) is 5.71. The molecule has 0 bridgehead atoms. The van der Waals surface area contributed by atoms with E-state index >= 15 is 0 Å². The fraction of sp³-hybridized carbons (Fsp3) is 0.190. The van der Waals surface area contributed by atoms with Gasteiger partial charge in [0.25, 0.3) is 17.7 Å². The SMILES string of the molecule is CCOC(=O)Cn1c(=NC(=O)CN2C(=O)c3ccccc3C2=O)sc2cc(Cl)ccc21. The smallest absolute Gasteiger partial charge is 0.326 e. The molecule has 0 spiro atoms. The highest BCUT2D eigenvalue weighted by atomic mass is 35.5. The fourth-order valence-corrected chi connectivity index (χ4v) is 4.60. The van der Waals surface area contributed by atoms with Crippen molar-refractivity contribution in [2.75, 3.05) is 13.2 Å². The van der Waals surface area contributed by atoms with Crippen molar-refractivity contribution in [1.29, 1.82) is 0 Å². The zero-order valence-corrected chi connectivity index (χ0v) is 17.9. The minimum absolute atomic E-state index is 0.144. The highest BCUT2D eigenvalue weighted by Crippen LogP contribution is 2.23. The van der Waals surface area contributed by atoms with Crippen LogP contribution in [0.1, 0.15) is 27.6 Å². The number of esters is 1. The maximum Gasteiger partial charge on any atom is 0.326 e. The van der Waals surface area contributed by atoms with Gasteiger partial charge in [0, 0.05) is 5.02 Å². The van der Waals surface area contributed by atoms with Crippen LogP contribution in [0.15, 0.2) is 47.5 Å². The Morgan fingerprint density at radius 2 is 1.74 bits per heavy atom. The van der Waals surface area contributed by atoms with Crippen molar-refractivity contribution in [3.63, 3.8) is 0 Å². The summed E-state index contributed by atoms with van der Waals surface area (Å²) < 4.78 is 7.29. The van der Waals surface area contributed by atoms with Gasteiger partial charge in [0.1, 0.15) is 13.1 Å². The van der Waals surface area contributed by atoms with Gasteiger partial charge in [-0.15, -0.1) is 0 Å². The number of imide groups is 1. The van der Waals surface area contributed by atoms with Crippen LogP contribution in [0, 0.1) is 0 Å². The zero-order chi connectivity index (χ0) is 22.1. The number of benzene rings is 2. The Morgan fingerprint density at radius 3 is 2.39 bits per heavy atom. The Labute approximate surface area is 185 Å². The lowest BCUT2D eigenvalue weighted by molar-refractivity contribution is -0.143. The molecular formula is C21H16ClN3O5S. The van der Waals surface area contributed by atoms with Crippen LogP contribution in [0.4, 0.5) is 0 Å². The molecule has 0 saturated heterocycles. The van der Waals surface area contributed by atoms with E-state index in [9.17, 15) is 19.2 Å². The van der Waals surface area contributed by atoms with Crippen molar-refractivity contribution < 1.29 is 23.9 Å². The van der Waals surface area contributed by atoms with Crippen LogP contribution >= 0.6 is 22.9 Å². The van der Waals surface area contributed by atoms with Crippen molar-refractivity contribution in [3.8, 4) is 0 Å². The number of halogens is 1. The summed E-state index contributed by atoms with van der Waals surface area (Å²) in [6.07, 6.45) is 0. The van der Waals surface area contributed by atoms with Crippen LogP contribution in [0.5, 0.6) is 0 Å². The van der Waals surface area contributed by atoms with Gasteiger partial charge in [-0.3, -0.25) is 24.1 Å². The van der Waals surface area contributed by atoms with E-state index in [1.165, 1.54) is 11.3 Å². The summed E-state index contributed by atoms with van der Waals surface area (Å²) in [5, 5.41) is 0.501. The third kappa shape index (κ3) is 4.01. The Bertz CT molecular complexity index is 1270. The average Bonchev–Trinajstić information content (AvgIpc) is 3.18. The molecule has 31 heavy (non-hydrogen) atoms. The fourth-order valence-electron chi connectivity index (χ4n) is 3.28. The number of thiazole rings is 1. The van der Waals surface area contributed by atoms with Crippen LogP contribution in [0.25, 0.3) is 10.2 Å². The van der Waals surface area contributed by atoms with Crippen molar-refractivity contribution in [1.82, 2.24) is 9.47 Å². The first kappa shape index (κ1) is 21.0. The molecule has 0 radical (unpaired) electrons. The molecule has 8 nitrogen and oxygen atoms in total. The number of amides is 3. The lowest BCUT2D eigenvalue weighted by Crippen LogP contribution is -2.35. The average molecular weight is 458 g/mol. The standard InChI is InChI=1S/C21H16ClN3O5S/c1-2-30-18(27)11-24-15-8-7-12(22)9-16(15)31-21(24)23-17(26)10-25-19(28)13-5-3-4-6-14(13)20(25)29/h3-9H,2,10-11H2,1H3. The summed E-state index contributed by atoms with van der Waals surface area (Å²) in [6, 6.07) is 11.5. The van der Waals surface area contributed by atoms with Gasteiger partial charge in [-0.25, -0.2) is 0 Å². The second-order valence-electron chi connectivity index (χ2n) is 6.64. The number of hydrogen-bond donors (Lipinski definition) is 0. The van der Waals surface area contributed by atoms with Crippen molar-refractivity contribution >= 4 is 56.8 Å². The monoisotopic (exact) mass is 457 g/mol. The van der Waals surface area contributed by atoms with Crippen LogP contribution in [0.3, 0.4) is 0 Å². The third-order valence-electron chi connectivity index (χ3n) is 4.63. The van der Waals surface area contributed by atoms with Gasteiger partial charge in [0.05, 0.1) is 28.0 Å². The van der Waals surface area contributed by atoms with E-state index in [2.05, 4.69) is 4.99 Å². The second kappa shape index (κ2) is 8.44. The number of carbonyl (C=O) groups excluding carboxylic acids is 4. The second-order valence-corrected chi connectivity index (χ2v) is 8.08. The van der Waals surface area contributed by atoms with Crippen molar-refractivity contribution in [2.45, 2.75) is 13.5 Å². The number of ether oxygens (including phenoxy) is 1. The Morgan fingerprint density at radius 1 is 1.06 bits per heavy atom. The lowest BCUT2D eigenvalue weighted by atomic mass is 10.1. The summed E-state index contributed by atoms with van der Waals surface area (Å²) in [6.45, 7) is 1.28. The van der Waals surface area contributed by atoms with Crippen LogP contribution in [0.2, 0.25) is 5.02 Å². The van der Waals surface area contributed by atoms with E-state index in [0.717, 1.165) is 9.60 Å². The number of hydrogen-bond acceptors (Lipinski definition) is 6. The largest absolute Gasteiger partial charge is 0.465 e. The highest BCUT2D eigenvalue weighted by molar-refractivity contribution is 7.16. The van der Waals surface area contributed by atoms with Gasteiger partial charge in [0.15, 0.2) is 4.80 Å². The molecule has 0 saturated carbocycles. The minimum atomic E-state index is -0.690. The minimum Gasteiger partial charge on any atom is -0.465 e. The normalized spacial score (nSPS) is 13.7. The molecule has 1 aliphatic rings. The van der Waals surface area contributed by atoms with Crippen molar-refractivity contribution in [3.05, 3.63) is 63.4 Å². The molecule has 3 amide bonds. The topological polar surface area (TPSA) is 98.0 Å². The first-order valence-corrected chi connectivity index (χ1v) is 10.6. The van der Waals surface area contributed by atoms with Gasteiger partial charge >= 0.3 is 5.97 Å². The molecule has 0 unspecified atom stereocenters. The molecule has 3 aromatic rings. The van der Waals surface area contributed by atoms with Gasteiger partial charge in [-0.1, -0.05) is 35.1 Å². The maximum absolute atomic E-state index is 12.7. The molecule has 2 aromatic carbocycles. The highest BCUT2D eigenvalue weighted by Gasteiger charge is 2.36. The quantitative estimate of drug-likeness (QED) is 0.433. The number of aromatic nitrogens is 1. The first-order valence-electron chi connectivity index (χ1n) is 9.36.